The van der Waals surface area contributed by atoms with E-state index in [1.807, 2.05) is 0 Å². The number of hydrogen-bond acceptors (Lipinski definition) is 5. The average Bonchev–Trinajstić information content (AvgIpc) is 2.74. The number of ketones is 1. The molecule has 0 radical (unpaired) electrons. The van der Waals surface area contributed by atoms with Crippen LogP contribution in [0.15, 0.2) is 73.1 Å². The minimum absolute atomic E-state index is 0.0967. The Labute approximate surface area is 171 Å². The number of halogens is 1. The van der Waals surface area contributed by atoms with Gasteiger partial charge in [0.2, 0.25) is 5.91 Å². The molecule has 29 heavy (non-hydrogen) atoms. The first-order chi connectivity index (χ1) is 14.0. The number of benzene rings is 2. The second kappa shape index (κ2) is 8.05. The molecule has 1 fully saturated rings. The van der Waals surface area contributed by atoms with E-state index in [-0.39, 0.29) is 35.1 Å². The summed E-state index contributed by atoms with van der Waals surface area (Å²) in [6, 6.07) is 15.4. The maximum absolute atomic E-state index is 13.3. The number of thioether (sulfide) groups is 1. The number of hydrogen-bond donors (Lipinski definition) is 1. The first-order valence-corrected chi connectivity index (χ1v) is 10.0. The van der Waals surface area contributed by atoms with Crippen LogP contribution >= 0.6 is 11.8 Å². The molecule has 2 atom stereocenters. The van der Waals surface area contributed by atoms with E-state index in [0.717, 1.165) is 5.56 Å². The van der Waals surface area contributed by atoms with Crippen molar-refractivity contribution in [3.8, 4) is 5.75 Å². The third-order valence-electron chi connectivity index (χ3n) is 4.76. The Hall–Kier alpha value is -3.19. The zero-order valence-electron chi connectivity index (χ0n) is 15.2. The molecule has 1 N–H and O–H groups in total. The Morgan fingerprint density at radius 2 is 1.83 bits per heavy atom. The third-order valence-corrected chi connectivity index (χ3v) is 6.01. The normalized spacial score (nSPS) is 18.4. The lowest BCUT2D eigenvalue weighted by Crippen LogP contribution is -2.57. The van der Waals surface area contributed by atoms with Crippen molar-refractivity contribution in [3.05, 3.63) is 90.0 Å². The van der Waals surface area contributed by atoms with Crippen LogP contribution in [0.3, 0.4) is 0 Å². The molecule has 0 spiro atoms. The van der Waals surface area contributed by atoms with Crippen LogP contribution in [-0.4, -0.2) is 32.8 Å². The Bertz CT molecular complexity index is 1030. The highest BCUT2D eigenvalue weighted by Crippen LogP contribution is 2.45. The van der Waals surface area contributed by atoms with Crippen LogP contribution in [0.1, 0.15) is 22.0 Å². The molecule has 0 bridgehead atoms. The minimum atomic E-state index is -0.454. The SMILES string of the molecule is O=C(CS[C@@H]1C(=O)N(c2ccc(F)cc2)[C@H]1c1ccc(O)cc1)c1cccnc1. The van der Waals surface area contributed by atoms with Crippen molar-refractivity contribution >= 4 is 29.1 Å². The molecule has 0 saturated carbocycles. The number of phenols is 1. The van der Waals surface area contributed by atoms with E-state index in [1.165, 1.54) is 30.1 Å². The van der Waals surface area contributed by atoms with Crippen LogP contribution in [0.25, 0.3) is 0 Å². The zero-order chi connectivity index (χ0) is 20.4. The summed E-state index contributed by atoms with van der Waals surface area (Å²) in [5.74, 6) is -0.340. The number of amides is 1. The molecule has 0 unspecified atom stereocenters. The molecule has 1 saturated heterocycles. The Kier molecular flexibility index (Phi) is 5.31. The summed E-state index contributed by atoms with van der Waals surface area (Å²) >= 11 is 1.28. The number of Topliss-reactive ketones (excluding diaryl/α,β-unsaturated/α-hetero) is 1. The predicted octanol–water partition coefficient (Wildman–Crippen LogP) is 4.00. The van der Waals surface area contributed by atoms with Gasteiger partial charge in [0.05, 0.1) is 11.8 Å². The van der Waals surface area contributed by atoms with Gasteiger partial charge in [0.15, 0.2) is 5.78 Å². The van der Waals surface area contributed by atoms with Crippen molar-refractivity contribution in [1.29, 1.82) is 0 Å². The summed E-state index contributed by atoms with van der Waals surface area (Å²) in [6.07, 6.45) is 3.11. The Morgan fingerprint density at radius 1 is 1.10 bits per heavy atom. The summed E-state index contributed by atoms with van der Waals surface area (Å²) < 4.78 is 13.3. The van der Waals surface area contributed by atoms with Gasteiger partial charge in [0, 0.05) is 23.6 Å². The molecule has 5 nitrogen and oxygen atoms in total. The molecule has 2 aromatic carbocycles. The van der Waals surface area contributed by atoms with Crippen molar-refractivity contribution in [2.45, 2.75) is 11.3 Å². The van der Waals surface area contributed by atoms with E-state index in [9.17, 15) is 19.1 Å². The lowest BCUT2D eigenvalue weighted by Gasteiger charge is -2.47. The van der Waals surface area contributed by atoms with Gasteiger partial charge in [-0.05, 0) is 54.1 Å². The predicted molar refractivity (Wildman–Crippen MR) is 110 cm³/mol. The molecule has 1 amide bonds. The Balaban J connectivity index is 1.57. The van der Waals surface area contributed by atoms with Gasteiger partial charge >= 0.3 is 0 Å². The van der Waals surface area contributed by atoms with Gasteiger partial charge in [0.25, 0.3) is 0 Å². The second-order valence-corrected chi connectivity index (χ2v) is 7.75. The number of anilines is 1. The quantitative estimate of drug-likeness (QED) is 0.493. The molecule has 0 aliphatic carbocycles. The van der Waals surface area contributed by atoms with Gasteiger partial charge < -0.3 is 10.0 Å². The highest BCUT2D eigenvalue weighted by atomic mass is 32.2. The van der Waals surface area contributed by atoms with Gasteiger partial charge in [0.1, 0.15) is 16.8 Å². The lowest BCUT2D eigenvalue weighted by molar-refractivity contribution is -0.123. The number of aromatic nitrogens is 1. The van der Waals surface area contributed by atoms with E-state index in [1.54, 1.807) is 59.6 Å². The molecule has 1 aliphatic heterocycles. The number of nitrogens with zero attached hydrogens (tertiary/aromatic N) is 2. The molecule has 1 aliphatic rings. The standard InChI is InChI=1S/C22H17FN2O3S/c23-16-5-7-17(8-6-16)25-20(14-3-9-18(26)10-4-14)21(22(25)28)29-13-19(27)15-2-1-11-24-12-15/h1-12,20-21,26H,13H2/t20-,21-/m0/s1. The van der Waals surface area contributed by atoms with Crippen LogP contribution in [0.4, 0.5) is 10.1 Å². The fraction of sp³-hybridized carbons (Fsp3) is 0.136. The number of rotatable bonds is 6. The summed E-state index contributed by atoms with van der Waals surface area (Å²) in [4.78, 5) is 30.8. The minimum Gasteiger partial charge on any atom is -0.508 e. The largest absolute Gasteiger partial charge is 0.508 e. The summed E-state index contributed by atoms with van der Waals surface area (Å²) in [7, 11) is 0. The molecule has 2 heterocycles. The van der Waals surface area contributed by atoms with Gasteiger partial charge in [-0.2, -0.15) is 0 Å². The van der Waals surface area contributed by atoms with Crippen LogP contribution in [0.2, 0.25) is 0 Å². The van der Waals surface area contributed by atoms with E-state index < -0.39 is 5.25 Å². The average molecular weight is 408 g/mol. The van der Waals surface area contributed by atoms with Crippen LogP contribution < -0.4 is 4.90 Å². The summed E-state index contributed by atoms with van der Waals surface area (Å²) in [5, 5.41) is 9.13. The lowest BCUT2D eigenvalue weighted by atomic mass is 9.92. The van der Waals surface area contributed by atoms with Gasteiger partial charge in [-0.3, -0.25) is 14.6 Å². The highest BCUT2D eigenvalue weighted by molar-refractivity contribution is 8.01. The number of pyridine rings is 1. The van der Waals surface area contributed by atoms with E-state index in [2.05, 4.69) is 4.98 Å². The monoisotopic (exact) mass is 408 g/mol. The van der Waals surface area contributed by atoms with Crippen molar-refractivity contribution in [2.24, 2.45) is 0 Å². The highest BCUT2D eigenvalue weighted by Gasteiger charge is 2.49. The molecule has 3 aromatic rings. The molecule has 146 valence electrons. The van der Waals surface area contributed by atoms with E-state index in [0.29, 0.717) is 11.3 Å². The van der Waals surface area contributed by atoms with Crippen molar-refractivity contribution < 1.29 is 19.1 Å². The number of carbonyl (C=O) groups excluding carboxylic acids is 2. The molecular weight excluding hydrogens is 391 g/mol. The van der Waals surface area contributed by atoms with Crippen LogP contribution in [0, 0.1) is 5.82 Å². The van der Waals surface area contributed by atoms with Gasteiger partial charge in [-0.15, -0.1) is 11.8 Å². The van der Waals surface area contributed by atoms with E-state index >= 15 is 0 Å². The molecular formula is C22H17FN2O3S. The fourth-order valence-corrected chi connectivity index (χ4v) is 4.50. The van der Waals surface area contributed by atoms with Crippen LogP contribution in [-0.2, 0) is 4.79 Å². The topological polar surface area (TPSA) is 70.5 Å². The first-order valence-electron chi connectivity index (χ1n) is 8.97. The number of β-lactam (4-membered cyclic amide) rings is 1. The molecule has 1 aromatic heterocycles. The smallest absolute Gasteiger partial charge is 0.243 e. The van der Waals surface area contributed by atoms with Gasteiger partial charge in [-0.25, -0.2) is 4.39 Å². The maximum Gasteiger partial charge on any atom is 0.243 e. The Morgan fingerprint density at radius 3 is 2.48 bits per heavy atom. The van der Waals surface area contributed by atoms with Crippen molar-refractivity contribution in [2.75, 3.05) is 10.7 Å². The van der Waals surface area contributed by atoms with Crippen molar-refractivity contribution in [3.63, 3.8) is 0 Å². The third kappa shape index (κ3) is 3.86. The number of carbonyl (C=O) groups is 2. The number of aromatic hydroxyl groups is 1. The molecule has 7 heteroatoms. The summed E-state index contributed by atoms with van der Waals surface area (Å²) in [6.45, 7) is 0. The van der Waals surface area contributed by atoms with Crippen LogP contribution in [0.5, 0.6) is 5.75 Å². The molecule has 4 rings (SSSR count). The summed E-state index contributed by atoms with van der Waals surface area (Å²) in [5.41, 5.74) is 1.92. The maximum atomic E-state index is 13.3. The zero-order valence-corrected chi connectivity index (χ0v) is 16.1. The number of phenolic OH excluding ortho intramolecular Hbond substituents is 1. The van der Waals surface area contributed by atoms with Gasteiger partial charge in [-0.1, -0.05) is 12.1 Å². The first kappa shape index (κ1) is 19.1. The van der Waals surface area contributed by atoms with Crippen molar-refractivity contribution in [1.82, 2.24) is 4.98 Å². The fourth-order valence-electron chi connectivity index (χ4n) is 3.29. The second-order valence-electron chi connectivity index (χ2n) is 6.62. The van der Waals surface area contributed by atoms with E-state index in [4.69, 9.17) is 0 Å².